The highest BCUT2D eigenvalue weighted by Crippen LogP contribution is 2.22. The van der Waals surface area contributed by atoms with Gasteiger partial charge in [0.1, 0.15) is 5.15 Å². The summed E-state index contributed by atoms with van der Waals surface area (Å²) in [6, 6.07) is 1.71. The second-order valence-electron chi connectivity index (χ2n) is 2.48. The number of hydrogen-bond acceptors (Lipinski definition) is 2. The third-order valence-electron chi connectivity index (χ3n) is 1.40. The number of nitrogens with zero attached hydrogens (tertiary/aromatic N) is 1. The van der Waals surface area contributed by atoms with Gasteiger partial charge in [-0.3, -0.25) is 4.79 Å². The number of carbonyl (C=O) groups is 1. The maximum Gasteiger partial charge on any atom is 0.225 e. The zero-order valence-electron chi connectivity index (χ0n) is 7.06. The van der Waals surface area contributed by atoms with Crippen molar-refractivity contribution in [1.29, 1.82) is 0 Å². The number of aromatic nitrogens is 1. The van der Waals surface area contributed by atoms with Gasteiger partial charge in [-0.2, -0.15) is 0 Å². The Balaban J connectivity index is 2.68. The van der Waals surface area contributed by atoms with Crippen molar-refractivity contribution in [2.24, 2.45) is 0 Å². The molecule has 0 aliphatic heterocycles. The lowest BCUT2D eigenvalue weighted by molar-refractivity contribution is -0.115. The first kappa shape index (κ1) is 11.9. The average Bonchev–Trinajstić information content (AvgIpc) is 2.12. The van der Waals surface area contributed by atoms with E-state index in [1.54, 1.807) is 6.07 Å². The van der Waals surface area contributed by atoms with Crippen molar-refractivity contribution in [3.8, 4) is 0 Å². The van der Waals surface area contributed by atoms with Gasteiger partial charge in [0.05, 0.1) is 16.4 Å². The molecule has 1 heterocycles. The van der Waals surface area contributed by atoms with Crippen LogP contribution >= 0.6 is 43.5 Å². The van der Waals surface area contributed by atoms with Gasteiger partial charge in [0, 0.05) is 11.8 Å². The minimum Gasteiger partial charge on any atom is -0.325 e. The Labute approximate surface area is 103 Å². The highest BCUT2D eigenvalue weighted by Gasteiger charge is 2.03. The third kappa shape index (κ3) is 3.55. The van der Waals surface area contributed by atoms with Gasteiger partial charge in [-0.15, -0.1) is 0 Å². The zero-order chi connectivity index (χ0) is 10.6. The number of halogens is 3. The molecule has 3 nitrogen and oxygen atoms in total. The summed E-state index contributed by atoms with van der Waals surface area (Å²) >= 11 is 12.1. The van der Waals surface area contributed by atoms with Gasteiger partial charge in [-0.1, -0.05) is 27.5 Å². The fourth-order valence-electron chi connectivity index (χ4n) is 0.799. The van der Waals surface area contributed by atoms with E-state index < -0.39 is 0 Å². The van der Waals surface area contributed by atoms with E-state index in [2.05, 4.69) is 42.2 Å². The molecule has 1 rings (SSSR count). The molecule has 14 heavy (non-hydrogen) atoms. The van der Waals surface area contributed by atoms with Crippen LogP contribution < -0.4 is 5.32 Å². The van der Waals surface area contributed by atoms with E-state index in [-0.39, 0.29) is 5.91 Å². The van der Waals surface area contributed by atoms with Gasteiger partial charge in [0.2, 0.25) is 5.91 Å². The molecule has 0 unspecified atom stereocenters. The van der Waals surface area contributed by atoms with Crippen molar-refractivity contribution in [1.82, 2.24) is 4.98 Å². The molecule has 1 amide bonds. The van der Waals surface area contributed by atoms with Crippen molar-refractivity contribution in [3.63, 3.8) is 0 Å². The fraction of sp³-hybridized carbons (Fsp3) is 0.250. The predicted molar refractivity (Wildman–Crippen MR) is 64.0 cm³/mol. The number of anilines is 1. The third-order valence-corrected chi connectivity index (χ3v) is 2.93. The van der Waals surface area contributed by atoms with Gasteiger partial charge in [0.25, 0.3) is 0 Å². The van der Waals surface area contributed by atoms with Crippen molar-refractivity contribution < 1.29 is 4.79 Å². The van der Waals surface area contributed by atoms with Gasteiger partial charge in [-0.25, -0.2) is 4.98 Å². The van der Waals surface area contributed by atoms with E-state index in [0.29, 0.717) is 27.1 Å². The van der Waals surface area contributed by atoms with Gasteiger partial charge < -0.3 is 5.32 Å². The molecule has 0 radical (unpaired) electrons. The van der Waals surface area contributed by atoms with Crippen LogP contribution in [-0.2, 0) is 4.79 Å². The van der Waals surface area contributed by atoms with E-state index in [1.165, 1.54) is 6.20 Å². The second kappa shape index (κ2) is 5.68. The van der Waals surface area contributed by atoms with Crippen LogP contribution in [0, 0.1) is 0 Å². The summed E-state index contributed by atoms with van der Waals surface area (Å²) in [4.78, 5) is 15.1. The monoisotopic (exact) mass is 340 g/mol. The predicted octanol–water partition coefficient (Wildman–Crippen LogP) is 3.22. The maximum absolute atomic E-state index is 11.2. The average molecular weight is 342 g/mol. The quantitative estimate of drug-likeness (QED) is 0.677. The van der Waals surface area contributed by atoms with E-state index in [4.69, 9.17) is 11.6 Å². The molecule has 1 N–H and O–H groups in total. The van der Waals surface area contributed by atoms with Crippen LogP contribution in [0.1, 0.15) is 6.42 Å². The number of hydrogen-bond donors (Lipinski definition) is 1. The Morgan fingerprint density at radius 2 is 2.36 bits per heavy atom. The molecule has 0 fully saturated rings. The van der Waals surface area contributed by atoms with E-state index >= 15 is 0 Å². The minimum atomic E-state index is -0.0575. The van der Waals surface area contributed by atoms with Crippen LogP contribution in [0.25, 0.3) is 0 Å². The molecular weight excluding hydrogens is 335 g/mol. The zero-order valence-corrected chi connectivity index (χ0v) is 11.0. The summed E-state index contributed by atoms with van der Waals surface area (Å²) in [5.74, 6) is -0.0575. The molecule has 0 bridgehead atoms. The highest BCUT2D eigenvalue weighted by atomic mass is 79.9. The van der Waals surface area contributed by atoms with Crippen LogP contribution in [0.2, 0.25) is 5.15 Å². The lowest BCUT2D eigenvalue weighted by atomic mass is 10.4. The van der Waals surface area contributed by atoms with Crippen molar-refractivity contribution >= 4 is 55.1 Å². The summed E-state index contributed by atoms with van der Waals surface area (Å²) < 4.78 is 0.663. The smallest absolute Gasteiger partial charge is 0.225 e. The van der Waals surface area contributed by atoms with E-state index in [9.17, 15) is 4.79 Å². The molecule has 76 valence electrons. The number of pyridine rings is 1. The Hall–Kier alpha value is -0.130. The molecule has 6 heteroatoms. The minimum absolute atomic E-state index is 0.0575. The van der Waals surface area contributed by atoms with Crippen LogP contribution in [-0.4, -0.2) is 16.2 Å². The van der Waals surface area contributed by atoms with E-state index in [0.717, 1.165) is 0 Å². The molecule has 1 aromatic heterocycles. The van der Waals surface area contributed by atoms with Gasteiger partial charge >= 0.3 is 0 Å². The standard InChI is InChI=1S/C8H7Br2ClN2O/c9-2-1-7(14)13-5-3-6(10)8(11)12-4-5/h3-4H,1-2H2,(H,13,14). The topological polar surface area (TPSA) is 42.0 Å². The van der Waals surface area contributed by atoms with Crippen molar-refractivity contribution in [2.45, 2.75) is 6.42 Å². The van der Waals surface area contributed by atoms with Crippen LogP contribution in [0.3, 0.4) is 0 Å². The first-order valence-electron chi connectivity index (χ1n) is 3.80. The largest absolute Gasteiger partial charge is 0.325 e. The molecule has 0 saturated carbocycles. The Kier molecular flexibility index (Phi) is 4.84. The Morgan fingerprint density at radius 1 is 1.64 bits per heavy atom. The summed E-state index contributed by atoms with van der Waals surface area (Å²) in [6.07, 6.45) is 1.94. The second-order valence-corrected chi connectivity index (χ2v) is 4.49. The van der Waals surface area contributed by atoms with Crippen LogP contribution in [0.5, 0.6) is 0 Å². The first-order valence-corrected chi connectivity index (χ1v) is 6.09. The molecule has 0 aliphatic carbocycles. The molecule has 1 aromatic rings. The van der Waals surface area contributed by atoms with Crippen molar-refractivity contribution in [2.75, 3.05) is 10.6 Å². The molecule has 0 aromatic carbocycles. The number of nitrogens with one attached hydrogen (secondary N) is 1. The lowest BCUT2D eigenvalue weighted by Crippen LogP contribution is -2.11. The number of alkyl halides is 1. The fourth-order valence-corrected chi connectivity index (χ4v) is 1.61. The van der Waals surface area contributed by atoms with Crippen LogP contribution in [0.15, 0.2) is 16.7 Å². The van der Waals surface area contributed by atoms with Gasteiger partial charge in [0.15, 0.2) is 0 Å². The summed E-state index contributed by atoms with van der Waals surface area (Å²) in [6.45, 7) is 0. The Morgan fingerprint density at radius 3 is 2.93 bits per heavy atom. The Bertz CT molecular complexity index is 346. The SMILES string of the molecule is O=C(CCBr)Nc1cnc(Cl)c(Br)c1. The first-order chi connectivity index (χ1) is 6.63. The summed E-state index contributed by atoms with van der Waals surface area (Å²) in [7, 11) is 0. The lowest BCUT2D eigenvalue weighted by Gasteiger charge is -2.04. The molecule has 0 saturated heterocycles. The summed E-state index contributed by atoms with van der Waals surface area (Å²) in [5.41, 5.74) is 0.632. The number of amides is 1. The van der Waals surface area contributed by atoms with E-state index in [1.807, 2.05) is 0 Å². The normalized spacial score (nSPS) is 9.93. The van der Waals surface area contributed by atoms with Gasteiger partial charge in [-0.05, 0) is 22.0 Å². The van der Waals surface area contributed by atoms with Crippen molar-refractivity contribution in [3.05, 3.63) is 21.9 Å². The summed E-state index contributed by atoms with van der Waals surface area (Å²) in [5, 5.41) is 3.71. The maximum atomic E-state index is 11.2. The molecule has 0 aliphatic rings. The number of rotatable bonds is 3. The molecule has 0 spiro atoms. The van der Waals surface area contributed by atoms with Crippen LogP contribution in [0.4, 0.5) is 5.69 Å². The molecule has 0 atom stereocenters. The highest BCUT2D eigenvalue weighted by molar-refractivity contribution is 9.10. The molecular formula is C8H7Br2ClN2O. The number of carbonyl (C=O) groups excluding carboxylic acids is 1.